The summed E-state index contributed by atoms with van der Waals surface area (Å²) in [6.07, 6.45) is 3.05. The predicted molar refractivity (Wildman–Crippen MR) is 131 cm³/mol. The second-order valence-electron chi connectivity index (χ2n) is 9.47. The summed E-state index contributed by atoms with van der Waals surface area (Å²) in [6.45, 7) is 2.81. The van der Waals surface area contributed by atoms with Crippen molar-refractivity contribution in [2.24, 2.45) is 0 Å². The Morgan fingerprint density at radius 3 is 2.69 bits per heavy atom. The molecule has 5 rings (SSSR count). The monoisotopic (exact) mass is 490 g/mol. The molecular formula is C27H30N4O5. The number of para-hydroxylation sites is 2. The molecule has 0 aliphatic carbocycles. The van der Waals surface area contributed by atoms with E-state index in [2.05, 4.69) is 15.6 Å². The van der Waals surface area contributed by atoms with Crippen LogP contribution >= 0.6 is 0 Å². The summed E-state index contributed by atoms with van der Waals surface area (Å²) in [5, 5.41) is 10.9. The van der Waals surface area contributed by atoms with E-state index in [1.807, 2.05) is 41.3 Å². The van der Waals surface area contributed by atoms with E-state index in [4.69, 9.17) is 14.1 Å². The number of aromatic nitrogens is 2. The van der Waals surface area contributed by atoms with Crippen LogP contribution in [0.1, 0.15) is 58.9 Å². The van der Waals surface area contributed by atoms with E-state index >= 15 is 0 Å². The van der Waals surface area contributed by atoms with Gasteiger partial charge in [0.25, 0.3) is 5.91 Å². The number of likely N-dealkylation sites (tertiary alicyclic amines) is 1. The van der Waals surface area contributed by atoms with Gasteiger partial charge in [-0.1, -0.05) is 47.1 Å². The van der Waals surface area contributed by atoms with Crippen LogP contribution in [0.4, 0.5) is 0 Å². The number of hydrogen-bond donors (Lipinski definition) is 1. The first-order chi connectivity index (χ1) is 17.5. The van der Waals surface area contributed by atoms with E-state index in [1.165, 1.54) is 0 Å². The van der Waals surface area contributed by atoms with Crippen molar-refractivity contribution >= 4 is 11.8 Å². The smallest absolute Gasteiger partial charge is 0.257 e. The molecule has 0 saturated carbocycles. The van der Waals surface area contributed by atoms with Crippen molar-refractivity contribution < 1.29 is 23.7 Å². The van der Waals surface area contributed by atoms with Crippen molar-refractivity contribution in [2.45, 2.75) is 50.7 Å². The molecule has 188 valence electrons. The average molecular weight is 491 g/mol. The Morgan fingerprint density at radius 1 is 1.14 bits per heavy atom. The Balaban J connectivity index is 1.45. The molecule has 0 unspecified atom stereocenters. The van der Waals surface area contributed by atoms with E-state index in [-0.39, 0.29) is 24.3 Å². The van der Waals surface area contributed by atoms with Gasteiger partial charge in [-0.2, -0.15) is 0 Å². The quantitative estimate of drug-likeness (QED) is 0.562. The Kier molecular flexibility index (Phi) is 6.63. The van der Waals surface area contributed by atoms with Crippen LogP contribution in [0, 0.1) is 6.92 Å². The first kappa shape index (κ1) is 23.8. The van der Waals surface area contributed by atoms with Crippen LogP contribution in [0.25, 0.3) is 0 Å². The molecule has 2 atom stereocenters. The largest absolute Gasteiger partial charge is 0.496 e. The van der Waals surface area contributed by atoms with Crippen molar-refractivity contribution in [3.8, 4) is 11.5 Å². The molecule has 0 bridgehead atoms. The SMILES string of the molecule is COc1ccccc1[C@@H]1CN(C(=O)c2ccccc2OCc2nonc2C)C[C@]12CCCCC(=O)N2. The van der Waals surface area contributed by atoms with Crippen LogP contribution in [0.5, 0.6) is 11.5 Å². The fourth-order valence-corrected chi connectivity index (χ4v) is 5.39. The highest BCUT2D eigenvalue weighted by Gasteiger charge is 2.51. The number of rotatable bonds is 6. The van der Waals surface area contributed by atoms with Gasteiger partial charge in [0.2, 0.25) is 5.91 Å². The van der Waals surface area contributed by atoms with E-state index in [1.54, 1.807) is 26.2 Å². The number of ether oxygens (including phenoxy) is 2. The number of nitrogens with one attached hydrogen (secondary N) is 1. The van der Waals surface area contributed by atoms with Crippen LogP contribution in [0.2, 0.25) is 0 Å². The molecule has 1 aromatic heterocycles. The first-order valence-electron chi connectivity index (χ1n) is 12.2. The van der Waals surface area contributed by atoms with E-state index in [0.29, 0.717) is 42.2 Å². The summed E-state index contributed by atoms with van der Waals surface area (Å²) in [5.41, 5.74) is 2.12. The van der Waals surface area contributed by atoms with E-state index < -0.39 is 5.54 Å². The minimum atomic E-state index is -0.558. The molecule has 2 fully saturated rings. The molecule has 2 amide bonds. The van der Waals surface area contributed by atoms with Crippen molar-refractivity contribution in [1.29, 1.82) is 0 Å². The Labute approximate surface area is 209 Å². The van der Waals surface area contributed by atoms with Gasteiger partial charge < -0.3 is 19.7 Å². The second kappa shape index (κ2) is 10.0. The molecule has 3 aromatic rings. The summed E-state index contributed by atoms with van der Waals surface area (Å²) in [5.74, 6) is 1.01. The number of aryl methyl sites for hydroxylation is 1. The summed E-state index contributed by atoms with van der Waals surface area (Å²) >= 11 is 0. The molecule has 9 heteroatoms. The minimum absolute atomic E-state index is 0.0296. The highest BCUT2D eigenvalue weighted by atomic mass is 16.6. The summed E-state index contributed by atoms with van der Waals surface area (Å²) in [6, 6.07) is 15.0. The molecule has 3 heterocycles. The Morgan fingerprint density at radius 2 is 1.92 bits per heavy atom. The lowest BCUT2D eigenvalue weighted by Crippen LogP contribution is -2.52. The predicted octanol–water partition coefficient (Wildman–Crippen LogP) is 3.63. The molecule has 36 heavy (non-hydrogen) atoms. The fourth-order valence-electron chi connectivity index (χ4n) is 5.39. The van der Waals surface area contributed by atoms with Gasteiger partial charge in [0.05, 0.1) is 18.2 Å². The Hall–Kier alpha value is -3.88. The number of hydrogen-bond acceptors (Lipinski definition) is 7. The number of methoxy groups -OCH3 is 1. The highest BCUT2D eigenvalue weighted by Crippen LogP contribution is 2.44. The summed E-state index contributed by atoms with van der Waals surface area (Å²) in [7, 11) is 1.65. The molecule has 1 spiro atoms. The molecule has 2 saturated heterocycles. The third kappa shape index (κ3) is 4.53. The van der Waals surface area contributed by atoms with E-state index in [0.717, 1.165) is 30.6 Å². The molecule has 1 N–H and O–H groups in total. The van der Waals surface area contributed by atoms with Gasteiger partial charge in [-0.25, -0.2) is 4.63 Å². The third-order valence-corrected chi connectivity index (χ3v) is 7.24. The Bertz CT molecular complexity index is 1260. The molecule has 0 radical (unpaired) electrons. The zero-order chi connectivity index (χ0) is 25.1. The molecule has 2 aliphatic heterocycles. The minimum Gasteiger partial charge on any atom is -0.496 e. The highest BCUT2D eigenvalue weighted by molar-refractivity contribution is 5.97. The third-order valence-electron chi connectivity index (χ3n) is 7.24. The lowest BCUT2D eigenvalue weighted by atomic mass is 9.78. The van der Waals surface area contributed by atoms with E-state index in [9.17, 15) is 9.59 Å². The molecular weight excluding hydrogens is 460 g/mol. The lowest BCUT2D eigenvalue weighted by molar-refractivity contribution is -0.122. The number of amides is 2. The zero-order valence-electron chi connectivity index (χ0n) is 20.5. The van der Waals surface area contributed by atoms with Gasteiger partial charge in [-0.05, 0) is 38.0 Å². The first-order valence-corrected chi connectivity index (χ1v) is 12.2. The number of carbonyl (C=O) groups is 2. The molecule has 9 nitrogen and oxygen atoms in total. The zero-order valence-corrected chi connectivity index (χ0v) is 20.5. The van der Waals surface area contributed by atoms with Gasteiger partial charge in [0.15, 0.2) is 0 Å². The van der Waals surface area contributed by atoms with Gasteiger partial charge in [-0.3, -0.25) is 9.59 Å². The van der Waals surface area contributed by atoms with Crippen molar-refractivity contribution in [3.05, 3.63) is 71.0 Å². The van der Waals surface area contributed by atoms with Crippen LogP contribution < -0.4 is 14.8 Å². The summed E-state index contributed by atoms with van der Waals surface area (Å²) in [4.78, 5) is 28.4. The van der Waals surface area contributed by atoms with Crippen molar-refractivity contribution in [1.82, 2.24) is 20.5 Å². The van der Waals surface area contributed by atoms with Crippen LogP contribution in [0.15, 0.2) is 53.2 Å². The maximum atomic E-state index is 13.9. The second-order valence-corrected chi connectivity index (χ2v) is 9.47. The average Bonchev–Trinajstić information content (AvgIpc) is 3.42. The van der Waals surface area contributed by atoms with Crippen molar-refractivity contribution in [3.63, 3.8) is 0 Å². The van der Waals surface area contributed by atoms with Crippen LogP contribution in [-0.4, -0.2) is 52.8 Å². The number of nitrogens with zero attached hydrogens (tertiary/aromatic N) is 3. The van der Waals surface area contributed by atoms with Gasteiger partial charge >= 0.3 is 0 Å². The molecule has 2 aromatic carbocycles. The standard InChI is InChI=1S/C27H30N4O5/c1-18-22(30-36-29-18)16-35-24-12-6-4-10-20(24)26(33)31-15-21(19-9-3-5-11-23(19)34-2)27(17-31)14-8-7-13-25(32)28-27/h3-6,9-12,21H,7-8,13-17H2,1-2H3,(H,28,32)/t21-,27+/m0/s1. The fraction of sp³-hybridized carbons (Fsp3) is 0.407. The van der Waals surface area contributed by atoms with Crippen LogP contribution in [0.3, 0.4) is 0 Å². The lowest BCUT2D eigenvalue weighted by Gasteiger charge is -2.35. The van der Waals surface area contributed by atoms with Crippen LogP contribution in [-0.2, 0) is 11.4 Å². The number of benzene rings is 2. The van der Waals surface area contributed by atoms with Gasteiger partial charge in [0, 0.05) is 31.0 Å². The maximum absolute atomic E-state index is 13.9. The normalized spacial score (nSPS) is 21.8. The maximum Gasteiger partial charge on any atom is 0.257 e. The molecule has 2 aliphatic rings. The van der Waals surface area contributed by atoms with Gasteiger partial charge in [-0.15, -0.1) is 0 Å². The topological polar surface area (TPSA) is 107 Å². The van der Waals surface area contributed by atoms with Gasteiger partial charge in [0.1, 0.15) is 29.5 Å². The summed E-state index contributed by atoms with van der Waals surface area (Å²) < 4.78 is 16.4. The van der Waals surface area contributed by atoms with Crippen molar-refractivity contribution in [2.75, 3.05) is 20.2 Å². The number of carbonyl (C=O) groups excluding carboxylic acids is 2.